The lowest BCUT2D eigenvalue weighted by molar-refractivity contribution is 0.458. The lowest BCUT2D eigenvalue weighted by Gasteiger charge is -2.15. The second-order valence-electron chi connectivity index (χ2n) is 5.33. The van der Waals surface area contributed by atoms with Gasteiger partial charge in [0.2, 0.25) is 0 Å². The summed E-state index contributed by atoms with van der Waals surface area (Å²) >= 11 is 0. The lowest BCUT2D eigenvalue weighted by Crippen LogP contribution is -2.36. The molecule has 1 rings (SSSR count). The van der Waals surface area contributed by atoms with Gasteiger partial charge in [-0.15, -0.1) is 0 Å². The average molecular weight is 263 g/mol. The Morgan fingerprint density at radius 1 is 1.05 bits per heavy atom. The van der Waals surface area contributed by atoms with Crippen LogP contribution < -0.4 is 11.3 Å². The maximum Gasteiger partial charge on any atom is 0.0270 e. The van der Waals surface area contributed by atoms with Crippen molar-refractivity contribution in [2.24, 2.45) is 5.84 Å². The summed E-state index contributed by atoms with van der Waals surface area (Å²) < 4.78 is 0. The summed E-state index contributed by atoms with van der Waals surface area (Å²) in [5.41, 5.74) is 4.25. The molecule has 1 heterocycles. The number of rotatable bonds is 11. The molecule has 1 unspecified atom stereocenters. The maximum absolute atomic E-state index is 5.64. The van der Waals surface area contributed by atoms with Crippen molar-refractivity contribution in [3.05, 3.63) is 30.1 Å². The molecule has 3 heteroatoms. The first kappa shape index (κ1) is 16.1. The zero-order chi connectivity index (χ0) is 13.8. The summed E-state index contributed by atoms with van der Waals surface area (Å²) in [6.45, 7) is 2.26. The van der Waals surface area contributed by atoms with Crippen LogP contribution in [0.2, 0.25) is 0 Å². The molecular formula is C16H29N3. The van der Waals surface area contributed by atoms with E-state index in [0.717, 1.165) is 12.8 Å². The molecule has 0 aromatic carbocycles. The minimum Gasteiger partial charge on any atom is -0.271 e. The Hall–Kier alpha value is -0.930. The van der Waals surface area contributed by atoms with Gasteiger partial charge in [-0.1, -0.05) is 51.9 Å². The number of nitrogens with one attached hydrogen (secondary N) is 1. The fourth-order valence-corrected chi connectivity index (χ4v) is 2.40. The van der Waals surface area contributed by atoms with Crippen LogP contribution in [0.25, 0.3) is 0 Å². The van der Waals surface area contributed by atoms with Crippen LogP contribution in [0.4, 0.5) is 0 Å². The average Bonchev–Trinajstić information content (AvgIpc) is 2.46. The number of unbranched alkanes of at least 4 members (excludes halogenated alkanes) is 6. The summed E-state index contributed by atoms with van der Waals surface area (Å²) in [4.78, 5) is 4.04. The number of nitrogens with zero attached hydrogens (tertiary/aromatic N) is 1. The van der Waals surface area contributed by atoms with E-state index < -0.39 is 0 Å². The monoisotopic (exact) mass is 263 g/mol. The normalized spacial score (nSPS) is 12.5. The molecule has 3 nitrogen and oxygen atoms in total. The fourth-order valence-electron chi connectivity index (χ4n) is 2.40. The van der Waals surface area contributed by atoms with E-state index in [9.17, 15) is 0 Å². The van der Waals surface area contributed by atoms with Crippen LogP contribution in [0.15, 0.2) is 24.5 Å². The van der Waals surface area contributed by atoms with Gasteiger partial charge in [0.1, 0.15) is 0 Å². The standard InChI is InChI=1S/C16H29N3/c1-2-3-4-5-6-7-8-9-16(19-17)14-15-10-12-18-13-11-15/h10-13,16,19H,2-9,14,17H2,1H3. The Kier molecular flexibility index (Phi) is 9.29. The Morgan fingerprint density at radius 3 is 2.32 bits per heavy atom. The highest BCUT2D eigenvalue weighted by Gasteiger charge is 2.07. The molecule has 0 spiro atoms. The zero-order valence-corrected chi connectivity index (χ0v) is 12.3. The predicted octanol–water partition coefficient (Wildman–Crippen LogP) is 3.60. The third-order valence-electron chi connectivity index (χ3n) is 3.62. The van der Waals surface area contributed by atoms with Crippen molar-refractivity contribution in [1.82, 2.24) is 10.4 Å². The van der Waals surface area contributed by atoms with Gasteiger partial charge in [0.25, 0.3) is 0 Å². The largest absolute Gasteiger partial charge is 0.271 e. The molecule has 0 saturated carbocycles. The first-order chi connectivity index (χ1) is 9.36. The van der Waals surface area contributed by atoms with Gasteiger partial charge < -0.3 is 0 Å². The molecule has 0 saturated heterocycles. The van der Waals surface area contributed by atoms with Gasteiger partial charge in [-0.2, -0.15) is 0 Å². The molecule has 0 aliphatic heterocycles. The van der Waals surface area contributed by atoms with Crippen LogP contribution in [0.5, 0.6) is 0 Å². The molecular weight excluding hydrogens is 234 g/mol. The molecule has 1 aromatic rings. The van der Waals surface area contributed by atoms with E-state index in [1.54, 1.807) is 0 Å². The van der Waals surface area contributed by atoms with Crippen LogP contribution in [0, 0.1) is 0 Å². The van der Waals surface area contributed by atoms with E-state index in [0.29, 0.717) is 6.04 Å². The smallest absolute Gasteiger partial charge is 0.0270 e. The second kappa shape index (κ2) is 10.9. The SMILES string of the molecule is CCCCCCCCCC(Cc1ccncc1)NN. The van der Waals surface area contributed by atoms with Crippen molar-refractivity contribution < 1.29 is 0 Å². The minimum absolute atomic E-state index is 0.387. The first-order valence-corrected chi connectivity index (χ1v) is 7.71. The molecule has 1 aromatic heterocycles. The topological polar surface area (TPSA) is 50.9 Å². The molecule has 0 aliphatic carbocycles. The summed E-state index contributed by atoms with van der Waals surface area (Å²) in [5.74, 6) is 5.64. The van der Waals surface area contributed by atoms with Crippen molar-refractivity contribution >= 4 is 0 Å². The van der Waals surface area contributed by atoms with Crippen molar-refractivity contribution in [2.75, 3.05) is 0 Å². The van der Waals surface area contributed by atoms with E-state index in [1.165, 1.54) is 50.5 Å². The number of hydrogen-bond donors (Lipinski definition) is 2. The Labute approximate surface area is 118 Å². The summed E-state index contributed by atoms with van der Waals surface area (Å²) in [7, 11) is 0. The molecule has 0 aliphatic rings. The maximum atomic E-state index is 5.64. The number of pyridine rings is 1. The number of hydrogen-bond acceptors (Lipinski definition) is 3. The third kappa shape index (κ3) is 7.96. The molecule has 0 fully saturated rings. The second-order valence-corrected chi connectivity index (χ2v) is 5.33. The Balaban J connectivity index is 2.09. The molecule has 0 radical (unpaired) electrons. The van der Waals surface area contributed by atoms with Crippen LogP contribution in [-0.4, -0.2) is 11.0 Å². The number of aromatic nitrogens is 1. The van der Waals surface area contributed by atoms with Gasteiger partial charge in [0, 0.05) is 18.4 Å². The summed E-state index contributed by atoms with van der Waals surface area (Å²) in [6, 6.07) is 4.52. The molecule has 0 bridgehead atoms. The van der Waals surface area contributed by atoms with Gasteiger partial charge in [0.05, 0.1) is 0 Å². The highest BCUT2D eigenvalue weighted by molar-refractivity contribution is 5.11. The van der Waals surface area contributed by atoms with E-state index in [1.807, 2.05) is 12.4 Å². The number of nitrogens with two attached hydrogens (primary N) is 1. The van der Waals surface area contributed by atoms with E-state index in [-0.39, 0.29) is 0 Å². The van der Waals surface area contributed by atoms with Crippen LogP contribution >= 0.6 is 0 Å². The van der Waals surface area contributed by atoms with E-state index in [4.69, 9.17) is 5.84 Å². The molecule has 19 heavy (non-hydrogen) atoms. The molecule has 3 N–H and O–H groups in total. The summed E-state index contributed by atoms with van der Waals surface area (Å²) in [5, 5.41) is 0. The van der Waals surface area contributed by atoms with Gasteiger partial charge in [0.15, 0.2) is 0 Å². The van der Waals surface area contributed by atoms with Gasteiger partial charge in [-0.05, 0) is 30.5 Å². The number of hydrazine groups is 1. The van der Waals surface area contributed by atoms with Crippen LogP contribution in [-0.2, 0) is 6.42 Å². The zero-order valence-electron chi connectivity index (χ0n) is 12.3. The van der Waals surface area contributed by atoms with Crippen LogP contribution in [0.1, 0.15) is 63.9 Å². The minimum atomic E-state index is 0.387. The quantitative estimate of drug-likeness (QED) is 0.364. The van der Waals surface area contributed by atoms with Gasteiger partial charge >= 0.3 is 0 Å². The fraction of sp³-hybridized carbons (Fsp3) is 0.688. The van der Waals surface area contributed by atoms with Crippen molar-refractivity contribution in [1.29, 1.82) is 0 Å². The van der Waals surface area contributed by atoms with Crippen molar-refractivity contribution in [3.63, 3.8) is 0 Å². The van der Waals surface area contributed by atoms with E-state index in [2.05, 4.69) is 29.5 Å². The summed E-state index contributed by atoms with van der Waals surface area (Å²) in [6.07, 6.45) is 15.3. The van der Waals surface area contributed by atoms with Crippen LogP contribution in [0.3, 0.4) is 0 Å². The van der Waals surface area contributed by atoms with E-state index >= 15 is 0 Å². The Bertz CT molecular complexity index is 300. The highest BCUT2D eigenvalue weighted by atomic mass is 15.2. The third-order valence-corrected chi connectivity index (χ3v) is 3.62. The van der Waals surface area contributed by atoms with Crippen molar-refractivity contribution in [3.8, 4) is 0 Å². The lowest BCUT2D eigenvalue weighted by atomic mass is 10.0. The van der Waals surface area contributed by atoms with Gasteiger partial charge in [-0.25, -0.2) is 0 Å². The van der Waals surface area contributed by atoms with Gasteiger partial charge in [-0.3, -0.25) is 16.3 Å². The molecule has 0 amide bonds. The molecule has 1 atom stereocenters. The Morgan fingerprint density at radius 2 is 1.68 bits per heavy atom. The van der Waals surface area contributed by atoms with Crippen molar-refractivity contribution in [2.45, 2.75) is 70.8 Å². The molecule has 108 valence electrons. The predicted molar refractivity (Wildman–Crippen MR) is 81.7 cm³/mol. The highest BCUT2D eigenvalue weighted by Crippen LogP contribution is 2.11. The first-order valence-electron chi connectivity index (χ1n) is 7.71.